The Kier molecular flexibility index (Phi) is 6.83. The molecule has 0 aliphatic rings. The molecule has 2 aromatic carbocycles. The molecule has 3 rings (SSSR count). The number of anilines is 1. The van der Waals surface area contributed by atoms with Crippen LogP contribution in [-0.4, -0.2) is 24.3 Å². The van der Waals surface area contributed by atoms with E-state index in [1.807, 2.05) is 19.1 Å². The number of nitrogens with one attached hydrogen (secondary N) is 3. The van der Waals surface area contributed by atoms with Gasteiger partial charge in [-0.15, -0.1) is 0 Å². The molecule has 3 amide bonds. The number of hydrogen-bond acceptors (Lipinski definition) is 5. The van der Waals surface area contributed by atoms with Crippen LogP contribution in [0.2, 0.25) is 0 Å². The van der Waals surface area contributed by atoms with Gasteiger partial charge in [-0.2, -0.15) is 0 Å². The molecule has 0 fully saturated rings. The molecule has 30 heavy (non-hydrogen) atoms. The van der Waals surface area contributed by atoms with Gasteiger partial charge in [-0.3, -0.25) is 25.2 Å². The molecule has 0 saturated heterocycles. The lowest BCUT2D eigenvalue weighted by Crippen LogP contribution is -2.43. The number of ether oxygens (including phenoxy) is 1. The van der Waals surface area contributed by atoms with Gasteiger partial charge in [0.25, 0.3) is 17.7 Å². The smallest absolute Gasteiger partial charge is 0.291 e. The van der Waals surface area contributed by atoms with Gasteiger partial charge in [-0.25, -0.2) is 0 Å². The normalized spacial score (nSPS) is 10.2. The highest BCUT2D eigenvalue weighted by atomic mass is 16.5. The Bertz CT molecular complexity index is 1010. The average molecular weight is 407 g/mol. The molecule has 8 nitrogen and oxygen atoms in total. The predicted molar refractivity (Wildman–Crippen MR) is 110 cm³/mol. The zero-order valence-corrected chi connectivity index (χ0v) is 16.3. The van der Waals surface area contributed by atoms with E-state index in [2.05, 4.69) is 16.2 Å². The van der Waals surface area contributed by atoms with Crippen LogP contribution in [0.15, 0.2) is 71.3 Å². The lowest BCUT2D eigenvalue weighted by molar-refractivity contribution is -0.123. The Balaban J connectivity index is 1.46. The van der Waals surface area contributed by atoms with Crippen molar-refractivity contribution in [1.82, 2.24) is 10.9 Å². The van der Waals surface area contributed by atoms with Gasteiger partial charge in [0, 0.05) is 17.3 Å². The van der Waals surface area contributed by atoms with Gasteiger partial charge in [0.2, 0.25) is 0 Å². The third-order valence-electron chi connectivity index (χ3n) is 4.15. The standard InChI is InChI=1S/C22H21N3O5/c1-2-15-8-10-16(11-9-15)21(27)25-24-20(26)14-30-18-6-3-5-17(13-18)23-22(28)19-7-4-12-29-19/h3-13H,2,14H2,1H3,(H,23,28)(H,24,26)(H,25,27). The van der Waals surface area contributed by atoms with Crippen LogP contribution in [0.25, 0.3) is 0 Å². The minimum Gasteiger partial charge on any atom is -0.484 e. The summed E-state index contributed by atoms with van der Waals surface area (Å²) in [6.07, 6.45) is 2.29. The van der Waals surface area contributed by atoms with E-state index in [1.54, 1.807) is 48.5 Å². The molecule has 3 aromatic rings. The molecule has 0 unspecified atom stereocenters. The Hall–Kier alpha value is -4.07. The zero-order valence-electron chi connectivity index (χ0n) is 16.3. The molecular weight excluding hydrogens is 386 g/mol. The minimum atomic E-state index is -0.529. The molecule has 0 aliphatic carbocycles. The van der Waals surface area contributed by atoms with Crippen LogP contribution in [0.4, 0.5) is 5.69 Å². The van der Waals surface area contributed by atoms with Crippen molar-refractivity contribution in [1.29, 1.82) is 0 Å². The monoisotopic (exact) mass is 407 g/mol. The first-order chi connectivity index (χ1) is 14.5. The summed E-state index contributed by atoms with van der Waals surface area (Å²) in [6.45, 7) is 1.71. The topological polar surface area (TPSA) is 110 Å². The SMILES string of the molecule is CCc1ccc(C(=O)NNC(=O)COc2cccc(NC(=O)c3ccco3)c2)cc1. The van der Waals surface area contributed by atoms with Gasteiger partial charge in [0.15, 0.2) is 12.4 Å². The van der Waals surface area contributed by atoms with E-state index in [1.165, 1.54) is 6.26 Å². The van der Waals surface area contributed by atoms with Crippen LogP contribution < -0.4 is 20.9 Å². The largest absolute Gasteiger partial charge is 0.484 e. The first-order valence-corrected chi connectivity index (χ1v) is 9.31. The van der Waals surface area contributed by atoms with Gasteiger partial charge < -0.3 is 14.5 Å². The highest BCUT2D eigenvalue weighted by Gasteiger charge is 2.10. The third kappa shape index (κ3) is 5.71. The summed E-state index contributed by atoms with van der Waals surface area (Å²) in [5.41, 5.74) is 6.68. The lowest BCUT2D eigenvalue weighted by atomic mass is 10.1. The molecule has 0 bridgehead atoms. The van der Waals surface area contributed by atoms with Crippen LogP contribution in [0.1, 0.15) is 33.4 Å². The highest BCUT2D eigenvalue weighted by Crippen LogP contribution is 2.18. The summed E-state index contributed by atoms with van der Waals surface area (Å²) < 4.78 is 10.4. The number of carbonyl (C=O) groups excluding carboxylic acids is 3. The Morgan fingerprint density at radius 2 is 1.73 bits per heavy atom. The number of amides is 3. The van der Waals surface area contributed by atoms with Crippen molar-refractivity contribution in [2.45, 2.75) is 13.3 Å². The average Bonchev–Trinajstić information content (AvgIpc) is 3.31. The van der Waals surface area contributed by atoms with E-state index in [9.17, 15) is 14.4 Å². The van der Waals surface area contributed by atoms with E-state index >= 15 is 0 Å². The summed E-state index contributed by atoms with van der Waals surface area (Å²) in [5.74, 6) is -0.790. The second-order valence-electron chi connectivity index (χ2n) is 6.30. The van der Waals surface area contributed by atoms with Crippen molar-refractivity contribution >= 4 is 23.4 Å². The maximum atomic E-state index is 12.1. The zero-order chi connectivity index (χ0) is 21.3. The predicted octanol–water partition coefficient (Wildman–Crippen LogP) is 2.93. The summed E-state index contributed by atoms with van der Waals surface area (Å²) in [6, 6.07) is 16.8. The summed E-state index contributed by atoms with van der Waals surface area (Å²) >= 11 is 0. The molecule has 1 aromatic heterocycles. The van der Waals surface area contributed by atoms with Crippen molar-refractivity contribution < 1.29 is 23.5 Å². The molecule has 3 N–H and O–H groups in total. The van der Waals surface area contributed by atoms with Crippen molar-refractivity contribution in [3.8, 4) is 5.75 Å². The number of furan rings is 1. The number of rotatable bonds is 7. The van der Waals surface area contributed by atoms with Gasteiger partial charge in [-0.1, -0.05) is 25.1 Å². The number of benzene rings is 2. The van der Waals surface area contributed by atoms with Crippen LogP contribution in [0.5, 0.6) is 5.75 Å². The van der Waals surface area contributed by atoms with E-state index in [-0.39, 0.29) is 12.4 Å². The third-order valence-corrected chi connectivity index (χ3v) is 4.15. The number of carbonyl (C=O) groups is 3. The fraction of sp³-hybridized carbons (Fsp3) is 0.136. The maximum Gasteiger partial charge on any atom is 0.291 e. The number of aryl methyl sites for hydroxylation is 1. The molecule has 0 aliphatic heterocycles. The van der Waals surface area contributed by atoms with Crippen LogP contribution in [0.3, 0.4) is 0 Å². The molecule has 0 atom stereocenters. The van der Waals surface area contributed by atoms with Crippen molar-refractivity contribution in [2.75, 3.05) is 11.9 Å². The van der Waals surface area contributed by atoms with E-state index < -0.39 is 17.7 Å². The van der Waals surface area contributed by atoms with Crippen LogP contribution >= 0.6 is 0 Å². The number of hydrazine groups is 1. The van der Waals surface area contributed by atoms with Crippen molar-refractivity contribution in [3.05, 3.63) is 83.8 Å². The Morgan fingerprint density at radius 3 is 2.43 bits per heavy atom. The number of hydrogen-bond donors (Lipinski definition) is 3. The maximum absolute atomic E-state index is 12.1. The van der Waals surface area contributed by atoms with Crippen molar-refractivity contribution in [2.24, 2.45) is 0 Å². The molecule has 0 spiro atoms. The first kappa shape index (κ1) is 20.7. The summed E-state index contributed by atoms with van der Waals surface area (Å²) in [5, 5.41) is 2.67. The second-order valence-corrected chi connectivity index (χ2v) is 6.30. The molecule has 154 valence electrons. The molecule has 8 heteroatoms. The minimum absolute atomic E-state index is 0.181. The van der Waals surface area contributed by atoms with Crippen molar-refractivity contribution in [3.63, 3.8) is 0 Å². The molecule has 0 radical (unpaired) electrons. The van der Waals surface area contributed by atoms with E-state index in [4.69, 9.17) is 9.15 Å². The fourth-order valence-electron chi connectivity index (χ4n) is 2.54. The summed E-state index contributed by atoms with van der Waals surface area (Å²) in [4.78, 5) is 36.0. The quantitative estimate of drug-likeness (QED) is 0.522. The van der Waals surface area contributed by atoms with Gasteiger partial charge in [0.1, 0.15) is 5.75 Å². The van der Waals surface area contributed by atoms with Gasteiger partial charge >= 0.3 is 0 Å². The molecule has 0 saturated carbocycles. The van der Waals surface area contributed by atoms with Crippen LogP contribution in [-0.2, 0) is 11.2 Å². The Labute approximate surface area is 173 Å². The first-order valence-electron chi connectivity index (χ1n) is 9.31. The van der Waals surface area contributed by atoms with Gasteiger partial charge in [-0.05, 0) is 48.4 Å². The molecule has 1 heterocycles. The van der Waals surface area contributed by atoms with E-state index in [0.717, 1.165) is 12.0 Å². The Morgan fingerprint density at radius 1 is 0.933 bits per heavy atom. The highest BCUT2D eigenvalue weighted by molar-refractivity contribution is 6.02. The fourth-order valence-corrected chi connectivity index (χ4v) is 2.54. The van der Waals surface area contributed by atoms with Gasteiger partial charge in [0.05, 0.1) is 6.26 Å². The van der Waals surface area contributed by atoms with Crippen LogP contribution in [0, 0.1) is 0 Å². The summed E-state index contributed by atoms with van der Waals surface area (Å²) in [7, 11) is 0. The second kappa shape index (κ2) is 9.92. The molecular formula is C22H21N3O5. The lowest BCUT2D eigenvalue weighted by Gasteiger charge is -2.10. The van der Waals surface area contributed by atoms with E-state index in [0.29, 0.717) is 17.0 Å².